The van der Waals surface area contributed by atoms with E-state index in [0.29, 0.717) is 18.0 Å². The third-order valence-corrected chi connectivity index (χ3v) is 6.49. The Morgan fingerprint density at radius 1 is 0.826 bits per heavy atom. The van der Waals surface area contributed by atoms with Crippen molar-refractivity contribution in [1.29, 1.82) is 0 Å². The Kier molecular flexibility index (Phi) is 5.97. The van der Waals surface area contributed by atoms with Crippen molar-refractivity contribution < 1.29 is 9.90 Å². The van der Waals surface area contributed by atoms with Gasteiger partial charge in [0.05, 0.1) is 6.10 Å². The summed E-state index contributed by atoms with van der Waals surface area (Å²) in [5.41, 5.74) is 0. The van der Waals surface area contributed by atoms with Gasteiger partial charge in [0.25, 0.3) is 0 Å². The molecule has 0 aromatic carbocycles. The molecular weight excluding hydrogens is 288 g/mol. The van der Waals surface area contributed by atoms with Crippen LogP contribution in [0, 0.1) is 5.92 Å². The largest absolute Gasteiger partial charge is 0.391 e. The molecule has 4 nitrogen and oxygen atoms in total. The van der Waals surface area contributed by atoms with Gasteiger partial charge in [-0.2, -0.15) is 0 Å². The van der Waals surface area contributed by atoms with E-state index in [4.69, 9.17) is 0 Å². The molecule has 0 bridgehead atoms. The molecule has 0 aromatic rings. The predicted molar refractivity (Wildman–Crippen MR) is 92.2 cm³/mol. The predicted octanol–water partition coefficient (Wildman–Crippen LogP) is 2.79. The number of piperidine rings is 1. The van der Waals surface area contributed by atoms with Crippen molar-refractivity contribution in [2.75, 3.05) is 19.6 Å². The van der Waals surface area contributed by atoms with Crippen LogP contribution in [0.5, 0.6) is 0 Å². The van der Waals surface area contributed by atoms with Crippen LogP contribution in [0.4, 0.5) is 0 Å². The van der Waals surface area contributed by atoms with Gasteiger partial charge in [-0.1, -0.05) is 25.7 Å². The third-order valence-electron chi connectivity index (χ3n) is 6.49. The molecule has 0 radical (unpaired) electrons. The van der Waals surface area contributed by atoms with Crippen LogP contribution in [0.25, 0.3) is 0 Å². The summed E-state index contributed by atoms with van der Waals surface area (Å²) in [5.74, 6) is 0.927. The molecule has 2 saturated heterocycles. The molecule has 1 aliphatic carbocycles. The van der Waals surface area contributed by atoms with Crippen molar-refractivity contribution in [1.82, 2.24) is 9.80 Å². The average molecular weight is 322 g/mol. The minimum absolute atomic E-state index is 0.119. The number of amides is 1. The van der Waals surface area contributed by atoms with E-state index in [2.05, 4.69) is 9.80 Å². The van der Waals surface area contributed by atoms with E-state index >= 15 is 0 Å². The zero-order valence-electron chi connectivity index (χ0n) is 14.8. The van der Waals surface area contributed by atoms with Crippen LogP contribution in [-0.4, -0.2) is 58.6 Å². The highest BCUT2D eigenvalue weighted by Crippen LogP contribution is 2.33. The summed E-state index contributed by atoms with van der Waals surface area (Å²) in [5, 5.41) is 10.3. The molecule has 1 N–H and O–H groups in total. The summed E-state index contributed by atoms with van der Waals surface area (Å²) >= 11 is 0. The number of nitrogens with zero attached hydrogens (tertiary/aromatic N) is 2. The smallest absolute Gasteiger partial charge is 0.219 e. The maximum absolute atomic E-state index is 12.0. The zero-order chi connectivity index (χ0) is 16.2. The Morgan fingerprint density at radius 3 is 2.17 bits per heavy atom. The minimum Gasteiger partial charge on any atom is -0.391 e. The van der Waals surface area contributed by atoms with Gasteiger partial charge in [0.1, 0.15) is 0 Å². The lowest BCUT2D eigenvalue weighted by molar-refractivity contribution is -0.132. The molecule has 3 fully saturated rings. The van der Waals surface area contributed by atoms with E-state index in [0.717, 1.165) is 32.5 Å². The highest BCUT2D eigenvalue weighted by molar-refractivity contribution is 5.73. The standard InChI is InChI=1S/C19H34N2O2/c1-15(22)21-12-6-2-3-7-17(21)16-10-13-20(14-11-16)18-8-4-5-9-19(18)23/h16-19,23H,2-14H2,1H3/t17?,18-,19-/m1/s1. The van der Waals surface area contributed by atoms with Gasteiger partial charge in [-0.05, 0) is 57.5 Å². The van der Waals surface area contributed by atoms with Gasteiger partial charge in [-0.25, -0.2) is 0 Å². The summed E-state index contributed by atoms with van der Waals surface area (Å²) in [7, 11) is 0. The fourth-order valence-corrected chi connectivity index (χ4v) is 5.17. The van der Waals surface area contributed by atoms with E-state index in [1.807, 2.05) is 0 Å². The zero-order valence-corrected chi connectivity index (χ0v) is 14.8. The van der Waals surface area contributed by atoms with Crippen LogP contribution >= 0.6 is 0 Å². The van der Waals surface area contributed by atoms with Crippen molar-refractivity contribution in [3.8, 4) is 0 Å². The van der Waals surface area contributed by atoms with Crippen molar-refractivity contribution in [3.05, 3.63) is 0 Å². The number of hydrogen-bond acceptors (Lipinski definition) is 3. The molecule has 1 unspecified atom stereocenters. The van der Waals surface area contributed by atoms with E-state index in [-0.39, 0.29) is 12.0 Å². The van der Waals surface area contributed by atoms with Gasteiger partial charge >= 0.3 is 0 Å². The third kappa shape index (κ3) is 4.08. The molecule has 0 aromatic heterocycles. The summed E-state index contributed by atoms with van der Waals surface area (Å²) in [4.78, 5) is 16.7. The summed E-state index contributed by atoms with van der Waals surface area (Å²) in [6.45, 7) is 4.91. The first-order valence-corrected chi connectivity index (χ1v) is 9.86. The molecule has 132 valence electrons. The first kappa shape index (κ1) is 17.2. The number of aliphatic hydroxyl groups is 1. The molecule has 3 rings (SSSR count). The molecule has 1 amide bonds. The quantitative estimate of drug-likeness (QED) is 0.850. The van der Waals surface area contributed by atoms with E-state index in [9.17, 15) is 9.90 Å². The Balaban J connectivity index is 1.57. The number of rotatable bonds is 2. The van der Waals surface area contributed by atoms with Crippen molar-refractivity contribution in [2.24, 2.45) is 5.92 Å². The van der Waals surface area contributed by atoms with Crippen LogP contribution in [0.2, 0.25) is 0 Å². The van der Waals surface area contributed by atoms with E-state index in [1.165, 1.54) is 51.4 Å². The molecule has 0 spiro atoms. The first-order valence-electron chi connectivity index (χ1n) is 9.86. The molecule has 3 aliphatic rings. The first-order chi connectivity index (χ1) is 11.2. The summed E-state index contributed by atoms with van der Waals surface area (Å²) < 4.78 is 0. The van der Waals surface area contributed by atoms with Crippen LogP contribution in [0.3, 0.4) is 0 Å². The number of carbonyl (C=O) groups is 1. The molecule has 4 heteroatoms. The average Bonchev–Trinajstić information content (AvgIpc) is 2.81. The SMILES string of the molecule is CC(=O)N1CCCCCC1C1CCN([C@@H]2CCCC[C@H]2O)CC1. The Morgan fingerprint density at radius 2 is 1.48 bits per heavy atom. The normalized spacial score (nSPS) is 35.0. The Bertz CT molecular complexity index is 393. The highest BCUT2D eigenvalue weighted by atomic mass is 16.3. The van der Waals surface area contributed by atoms with Crippen LogP contribution < -0.4 is 0 Å². The number of hydrogen-bond donors (Lipinski definition) is 1. The monoisotopic (exact) mass is 322 g/mol. The second-order valence-corrected chi connectivity index (χ2v) is 7.92. The van der Waals surface area contributed by atoms with Gasteiger partial charge in [-0.3, -0.25) is 9.69 Å². The van der Waals surface area contributed by atoms with E-state index < -0.39 is 0 Å². The second-order valence-electron chi connectivity index (χ2n) is 7.92. The molecule has 3 atom stereocenters. The second kappa shape index (κ2) is 7.98. The maximum atomic E-state index is 12.0. The topological polar surface area (TPSA) is 43.8 Å². The molecule has 23 heavy (non-hydrogen) atoms. The van der Waals surface area contributed by atoms with Crippen molar-refractivity contribution in [3.63, 3.8) is 0 Å². The molecule has 2 aliphatic heterocycles. The lowest BCUT2D eigenvalue weighted by atomic mass is 9.83. The van der Waals surface area contributed by atoms with Crippen LogP contribution in [0.15, 0.2) is 0 Å². The van der Waals surface area contributed by atoms with Gasteiger partial charge in [0, 0.05) is 25.6 Å². The van der Waals surface area contributed by atoms with Crippen LogP contribution in [0.1, 0.15) is 71.1 Å². The molecular formula is C19H34N2O2. The van der Waals surface area contributed by atoms with Crippen molar-refractivity contribution in [2.45, 2.75) is 89.3 Å². The van der Waals surface area contributed by atoms with Crippen molar-refractivity contribution >= 4 is 5.91 Å². The minimum atomic E-state index is -0.119. The van der Waals surface area contributed by atoms with Gasteiger partial charge in [0.2, 0.25) is 5.91 Å². The summed E-state index contributed by atoms with van der Waals surface area (Å²) in [6.07, 6.45) is 11.8. The summed E-state index contributed by atoms with van der Waals surface area (Å²) in [6, 6.07) is 0.858. The number of aliphatic hydroxyl groups excluding tert-OH is 1. The lowest BCUT2D eigenvalue weighted by Crippen LogP contribution is -2.52. The fourth-order valence-electron chi connectivity index (χ4n) is 5.17. The van der Waals surface area contributed by atoms with Crippen LogP contribution in [-0.2, 0) is 4.79 Å². The number of carbonyl (C=O) groups excluding carboxylic acids is 1. The Labute approximate surface area is 141 Å². The molecule has 1 saturated carbocycles. The fraction of sp³-hybridized carbons (Fsp3) is 0.947. The number of likely N-dealkylation sites (tertiary alicyclic amines) is 2. The lowest BCUT2D eigenvalue weighted by Gasteiger charge is -2.44. The highest BCUT2D eigenvalue weighted by Gasteiger charge is 2.36. The van der Waals surface area contributed by atoms with Gasteiger partial charge < -0.3 is 10.0 Å². The van der Waals surface area contributed by atoms with E-state index in [1.54, 1.807) is 6.92 Å². The van der Waals surface area contributed by atoms with Gasteiger partial charge in [-0.15, -0.1) is 0 Å². The van der Waals surface area contributed by atoms with Gasteiger partial charge in [0.15, 0.2) is 0 Å². The maximum Gasteiger partial charge on any atom is 0.219 e. The Hall–Kier alpha value is -0.610. The molecule has 2 heterocycles.